The molecular formula is C29H31F3N6O. The Morgan fingerprint density at radius 2 is 1.54 bits per heavy atom. The largest absolute Gasteiger partial charge is 0.474 e. The topological polar surface area (TPSA) is 77.3 Å². The lowest BCUT2D eigenvalue weighted by molar-refractivity contribution is -0.137. The van der Waals surface area contributed by atoms with Crippen LogP contribution in [0.15, 0.2) is 54.9 Å². The van der Waals surface area contributed by atoms with Crippen molar-refractivity contribution < 1.29 is 17.9 Å². The molecule has 3 aromatic rings. The minimum Gasteiger partial charge on any atom is -0.474 e. The van der Waals surface area contributed by atoms with Gasteiger partial charge in [0.05, 0.1) is 22.8 Å². The first-order valence-corrected chi connectivity index (χ1v) is 13.2. The van der Waals surface area contributed by atoms with Gasteiger partial charge in [0.25, 0.3) is 0 Å². The van der Waals surface area contributed by atoms with Crippen molar-refractivity contribution in [1.29, 1.82) is 5.26 Å². The number of ether oxygens (including phenoxy) is 1. The molecular weight excluding hydrogens is 505 g/mol. The lowest BCUT2D eigenvalue weighted by Gasteiger charge is -2.37. The molecule has 5 rings (SSSR count). The van der Waals surface area contributed by atoms with Crippen LogP contribution in [0.3, 0.4) is 0 Å². The molecule has 1 N–H and O–H groups in total. The van der Waals surface area contributed by atoms with Gasteiger partial charge in [-0.25, -0.2) is 9.97 Å². The summed E-state index contributed by atoms with van der Waals surface area (Å²) in [5.41, 5.74) is 2.73. The third-order valence-electron chi connectivity index (χ3n) is 7.49. The fourth-order valence-corrected chi connectivity index (χ4v) is 5.26. The highest BCUT2D eigenvalue weighted by Crippen LogP contribution is 2.32. The second-order valence-electron chi connectivity index (χ2n) is 10.1. The van der Waals surface area contributed by atoms with E-state index >= 15 is 0 Å². The fraction of sp³-hybridized carbons (Fsp3) is 0.414. The number of hydrogen-bond donors (Lipinski definition) is 1. The highest BCUT2D eigenvalue weighted by atomic mass is 19.4. The molecule has 10 heteroatoms. The normalized spacial score (nSPS) is 19.9. The second-order valence-corrected chi connectivity index (χ2v) is 10.1. The minimum absolute atomic E-state index is 0.0852. The number of nitriles is 1. The van der Waals surface area contributed by atoms with E-state index in [1.807, 2.05) is 31.2 Å². The van der Waals surface area contributed by atoms with Crippen LogP contribution in [0.4, 0.5) is 30.4 Å². The summed E-state index contributed by atoms with van der Waals surface area (Å²) in [6, 6.07) is 15.4. The highest BCUT2D eigenvalue weighted by molar-refractivity contribution is 5.54. The van der Waals surface area contributed by atoms with Gasteiger partial charge in [-0.15, -0.1) is 0 Å². The Bertz CT molecular complexity index is 1290. The number of benzene rings is 2. The van der Waals surface area contributed by atoms with Crippen molar-refractivity contribution >= 4 is 17.2 Å². The van der Waals surface area contributed by atoms with Crippen molar-refractivity contribution in [2.45, 2.75) is 50.9 Å². The lowest BCUT2D eigenvalue weighted by Crippen LogP contribution is -2.47. The van der Waals surface area contributed by atoms with Crippen LogP contribution in [0.2, 0.25) is 0 Å². The lowest BCUT2D eigenvalue weighted by atomic mass is 9.92. The number of nitrogens with one attached hydrogen (secondary N) is 1. The van der Waals surface area contributed by atoms with E-state index in [-0.39, 0.29) is 6.10 Å². The highest BCUT2D eigenvalue weighted by Gasteiger charge is 2.30. The molecule has 204 valence electrons. The monoisotopic (exact) mass is 536 g/mol. The van der Waals surface area contributed by atoms with Crippen LogP contribution in [0.25, 0.3) is 0 Å². The summed E-state index contributed by atoms with van der Waals surface area (Å²) in [5.74, 6) is 1.44. The van der Waals surface area contributed by atoms with Crippen molar-refractivity contribution in [3.63, 3.8) is 0 Å². The molecule has 1 aliphatic heterocycles. The predicted octanol–water partition coefficient (Wildman–Crippen LogP) is 5.80. The Hall–Kier alpha value is -4.00. The Kier molecular flexibility index (Phi) is 7.77. The first-order chi connectivity index (χ1) is 18.8. The Morgan fingerprint density at radius 1 is 0.897 bits per heavy atom. The van der Waals surface area contributed by atoms with E-state index in [9.17, 15) is 13.2 Å². The van der Waals surface area contributed by atoms with Crippen LogP contribution < -0.4 is 19.9 Å². The second kappa shape index (κ2) is 11.4. The zero-order valence-corrected chi connectivity index (χ0v) is 21.8. The smallest absolute Gasteiger partial charge is 0.416 e. The molecule has 0 atom stereocenters. The van der Waals surface area contributed by atoms with Gasteiger partial charge in [0.15, 0.2) is 0 Å². The molecule has 0 unspecified atom stereocenters. The number of alkyl halides is 3. The van der Waals surface area contributed by atoms with E-state index in [1.165, 1.54) is 18.5 Å². The summed E-state index contributed by atoms with van der Waals surface area (Å²) in [4.78, 5) is 13.2. The molecule has 1 saturated carbocycles. The Balaban J connectivity index is 1.14. The SMILES string of the molecule is Cc1c(OC2CCC(Nc3ccc(C#N)cc3)CC2)ncnc1N1CCN(c2ccc(C(F)(F)F)cc2)CC1. The quantitative estimate of drug-likeness (QED) is 0.426. The summed E-state index contributed by atoms with van der Waals surface area (Å²) < 4.78 is 45.0. The van der Waals surface area contributed by atoms with Gasteiger partial charge in [0.1, 0.15) is 18.2 Å². The first-order valence-electron chi connectivity index (χ1n) is 13.2. The number of rotatable bonds is 6. The molecule has 0 radical (unpaired) electrons. The van der Waals surface area contributed by atoms with E-state index < -0.39 is 11.7 Å². The van der Waals surface area contributed by atoms with Gasteiger partial charge < -0.3 is 19.9 Å². The fourth-order valence-electron chi connectivity index (χ4n) is 5.26. The van der Waals surface area contributed by atoms with Gasteiger partial charge in [0.2, 0.25) is 5.88 Å². The third kappa shape index (κ3) is 6.36. The molecule has 1 aromatic heterocycles. The number of aromatic nitrogens is 2. The molecule has 0 amide bonds. The Morgan fingerprint density at radius 3 is 2.15 bits per heavy atom. The van der Waals surface area contributed by atoms with Crippen LogP contribution in [0.1, 0.15) is 42.4 Å². The van der Waals surface area contributed by atoms with Gasteiger partial charge in [-0.3, -0.25) is 0 Å². The van der Waals surface area contributed by atoms with Crippen molar-refractivity contribution in [1.82, 2.24) is 9.97 Å². The first kappa shape index (κ1) is 26.6. The predicted molar refractivity (Wildman–Crippen MR) is 144 cm³/mol. The average Bonchev–Trinajstić information content (AvgIpc) is 2.95. The van der Waals surface area contributed by atoms with Gasteiger partial charge in [0, 0.05) is 43.6 Å². The number of nitrogens with zero attached hydrogens (tertiary/aromatic N) is 5. The van der Waals surface area contributed by atoms with Crippen molar-refractivity contribution in [3.8, 4) is 11.9 Å². The van der Waals surface area contributed by atoms with Crippen LogP contribution >= 0.6 is 0 Å². The van der Waals surface area contributed by atoms with Crippen molar-refractivity contribution in [2.24, 2.45) is 0 Å². The van der Waals surface area contributed by atoms with E-state index in [4.69, 9.17) is 10.00 Å². The molecule has 1 aliphatic carbocycles. The van der Waals surface area contributed by atoms with Crippen LogP contribution in [-0.2, 0) is 6.18 Å². The van der Waals surface area contributed by atoms with Gasteiger partial charge in [-0.2, -0.15) is 18.4 Å². The molecule has 2 aliphatic rings. The van der Waals surface area contributed by atoms with Crippen LogP contribution in [0.5, 0.6) is 5.88 Å². The molecule has 7 nitrogen and oxygen atoms in total. The molecule has 2 fully saturated rings. The standard InChI is InChI=1S/C29H31F3N6O/c1-20-27(38-16-14-37(15-17-38)25-10-4-22(5-11-25)29(30,31)32)34-19-35-28(20)39-26-12-8-24(9-13-26)36-23-6-2-21(18-33)3-7-23/h2-7,10-11,19,24,26,36H,8-9,12-17H2,1H3. The van der Waals surface area contributed by atoms with Gasteiger partial charge >= 0.3 is 6.18 Å². The number of piperazine rings is 1. The van der Waals surface area contributed by atoms with Crippen LogP contribution in [0, 0.1) is 18.3 Å². The van der Waals surface area contributed by atoms with E-state index in [1.54, 1.807) is 0 Å². The van der Waals surface area contributed by atoms with E-state index in [0.717, 1.165) is 60.6 Å². The maximum atomic E-state index is 12.9. The van der Waals surface area contributed by atoms with Crippen molar-refractivity contribution in [3.05, 3.63) is 71.5 Å². The zero-order chi connectivity index (χ0) is 27.4. The maximum Gasteiger partial charge on any atom is 0.416 e. The summed E-state index contributed by atoms with van der Waals surface area (Å²) in [5, 5.41) is 12.5. The minimum atomic E-state index is -4.33. The number of halogens is 3. The molecule has 0 bridgehead atoms. The summed E-state index contributed by atoms with van der Waals surface area (Å²) in [6.45, 7) is 4.74. The van der Waals surface area contributed by atoms with Crippen molar-refractivity contribution in [2.75, 3.05) is 41.3 Å². The summed E-state index contributed by atoms with van der Waals surface area (Å²) in [7, 11) is 0. The van der Waals surface area contributed by atoms with Crippen LogP contribution in [-0.4, -0.2) is 48.3 Å². The molecule has 1 saturated heterocycles. The average molecular weight is 537 g/mol. The Labute approximate surface area is 226 Å². The summed E-state index contributed by atoms with van der Waals surface area (Å²) >= 11 is 0. The molecule has 2 heterocycles. The summed E-state index contributed by atoms with van der Waals surface area (Å²) in [6.07, 6.45) is 1.09. The van der Waals surface area contributed by atoms with Gasteiger partial charge in [-0.05, 0) is 81.1 Å². The van der Waals surface area contributed by atoms with E-state index in [2.05, 4.69) is 31.2 Å². The van der Waals surface area contributed by atoms with E-state index in [0.29, 0.717) is 43.7 Å². The molecule has 2 aromatic carbocycles. The molecule has 39 heavy (non-hydrogen) atoms. The molecule has 0 spiro atoms. The third-order valence-corrected chi connectivity index (χ3v) is 7.49. The van der Waals surface area contributed by atoms with Gasteiger partial charge in [-0.1, -0.05) is 0 Å². The zero-order valence-electron chi connectivity index (χ0n) is 21.8. The number of anilines is 3. The maximum absolute atomic E-state index is 12.9. The number of hydrogen-bond acceptors (Lipinski definition) is 7.